The van der Waals surface area contributed by atoms with Gasteiger partial charge in [-0.1, -0.05) is 18.2 Å². The third kappa shape index (κ3) is 5.24. The number of hydrogen-bond donors (Lipinski definition) is 2. The number of likely N-dealkylation sites (tertiary alicyclic amines) is 1. The Kier molecular flexibility index (Phi) is 6.98. The number of carbonyl (C=O) groups is 1. The van der Waals surface area contributed by atoms with Gasteiger partial charge in [0.25, 0.3) is 5.91 Å². The molecule has 1 atom stereocenters. The Labute approximate surface area is 183 Å². The molecule has 1 aliphatic rings. The number of sulfonamides is 1. The number of hydrogen-bond acceptors (Lipinski definition) is 5. The lowest BCUT2D eigenvalue weighted by atomic mass is 9.89. The van der Waals surface area contributed by atoms with Crippen LogP contribution in [0.4, 0.5) is 5.69 Å². The van der Waals surface area contributed by atoms with Crippen molar-refractivity contribution in [2.45, 2.75) is 37.9 Å². The van der Waals surface area contributed by atoms with Crippen LogP contribution in [0.15, 0.2) is 42.5 Å². The standard InChI is InChI=1S/C23H27N3O4S/c1-16-3-6-21(13-22(16)25-31(29,30)17(2)15-27)23(28)26-11-9-20(10-12-26)19-7-4-18(14-24)5-8-19/h3-8,13,17,20,25,27H,9-12,15H2,1-2H3. The SMILES string of the molecule is Cc1ccc(C(=O)N2CCC(c3ccc(C#N)cc3)CC2)cc1NS(=O)(=O)C(C)CO. The van der Waals surface area contributed by atoms with Crippen LogP contribution in [0.3, 0.4) is 0 Å². The first-order valence-corrected chi connectivity index (χ1v) is 11.8. The third-order valence-corrected chi connectivity index (χ3v) is 7.53. The van der Waals surface area contributed by atoms with Crippen molar-refractivity contribution in [1.82, 2.24) is 4.90 Å². The fourth-order valence-electron chi connectivity index (χ4n) is 3.65. The molecule has 2 aromatic rings. The topological polar surface area (TPSA) is 111 Å². The highest BCUT2D eigenvalue weighted by molar-refractivity contribution is 7.93. The number of aliphatic hydroxyl groups excluding tert-OH is 1. The number of nitrogens with one attached hydrogen (secondary N) is 1. The molecule has 1 unspecified atom stereocenters. The third-order valence-electron chi connectivity index (χ3n) is 5.82. The molecule has 0 radical (unpaired) electrons. The second-order valence-electron chi connectivity index (χ2n) is 7.97. The summed E-state index contributed by atoms with van der Waals surface area (Å²) in [5.74, 6) is 0.214. The summed E-state index contributed by atoms with van der Waals surface area (Å²) in [7, 11) is -3.74. The van der Waals surface area contributed by atoms with Crippen LogP contribution in [-0.2, 0) is 10.0 Å². The van der Waals surface area contributed by atoms with E-state index < -0.39 is 21.9 Å². The van der Waals surface area contributed by atoms with Gasteiger partial charge in [-0.15, -0.1) is 0 Å². The predicted octanol–water partition coefficient (Wildman–Crippen LogP) is 3.01. The van der Waals surface area contributed by atoms with E-state index in [9.17, 15) is 13.2 Å². The number of nitriles is 1. The number of aryl methyl sites for hydroxylation is 1. The van der Waals surface area contributed by atoms with E-state index in [1.54, 1.807) is 30.0 Å². The van der Waals surface area contributed by atoms with Crippen LogP contribution in [0.5, 0.6) is 0 Å². The number of piperidine rings is 1. The van der Waals surface area contributed by atoms with E-state index in [4.69, 9.17) is 10.4 Å². The van der Waals surface area contributed by atoms with Crippen LogP contribution in [0.2, 0.25) is 0 Å². The van der Waals surface area contributed by atoms with Gasteiger partial charge in [-0.05, 0) is 68.0 Å². The highest BCUT2D eigenvalue weighted by atomic mass is 32.2. The largest absolute Gasteiger partial charge is 0.395 e. The van der Waals surface area contributed by atoms with Crippen LogP contribution >= 0.6 is 0 Å². The Morgan fingerprint density at radius 3 is 2.45 bits per heavy atom. The number of nitrogens with zero attached hydrogens (tertiary/aromatic N) is 2. The second kappa shape index (κ2) is 9.50. The lowest BCUT2D eigenvalue weighted by molar-refractivity contribution is 0.0713. The molecule has 31 heavy (non-hydrogen) atoms. The first-order valence-electron chi connectivity index (χ1n) is 10.3. The molecular formula is C23H27N3O4S. The van der Waals surface area contributed by atoms with Crippen molar-refractivity contribution in [3.63, 3.8) is 0 Å². The van der Waals surface area contributed by atoms with Crippen LogP contribution in [0, 0.1) is 18.3 Å². The van der Waals surface area contributed by atoms with Gasteiger partial charge in [0, 0.05) is 18.7 Å². The van der Waals surface area contributed by atoms with Gasteiger partial charge in [-0.2, -0.15) is 5.26 Å². The molecule has 2 aromatic carbocycles. The Balaban J connectivity index is 1.69. The quantitative estimate of drug-likeness (QED) is 0.716. The van der Waals surface area contributed by atoms with E-state index in [1.165, 1.54) is 12.5 Å². The van der Waals surface area contributed by atoms with Gasteiger partial charge >= 0.3 is 0 Å². The summed E-state index contributed by atoms with van der Waals surface area (Å²) >= 11 is 0. The molecule has 0 bridgehead atoms. The van der Waals surface area contributed by atoms with Gasteiger partial charge in [0.15, 0.2) is 0 Å². The molecule has 1 heterocycles. The fourth-order valence-corrected chi connectivity index (χ4v) is 4.57. The fraction of sp³-hybridized carbons (Fsp3) is 0.391. The van der Waals surface area contributed by atoms with Crippen molar-refractivity contribution < 1.29 is 18.3 Å². The summed E-state index contributed by atoms with van der Waals surface area (Å²) in [6.45, 7) is 3.92. The van der Waals surface area contributed by atoms with Crippen molar-refractivity contribution in [3.05, 3.63) is 64.7 Å². The van der Waals surface area contributed by atoms with Crippen molar-refractivity contribution in [1.29, 1.82) is 5.26 Å². The zero-order chi connectivity index (χ0) is 22.6. The van der Waals surface area contributed by atoms with Gasteiger partial charge in [-0.3, -0.25) is 9.52 Å². The van der Waals surface area contributed by atoms with Gasteiger partial charge in [0.05, 0.1) is 23.9 Å². The summed E-state index contributed by atoms with van der Waals surface area (Å²) in [6.07, 6.45) is 1.66. The van der Waals surface area contributed by atoms with Gasteiger partial charge in [0.1, 0.15) is 5.25 Å². The van der Waals surface area contributed by atoms with Crippen LogP contribution in [0.1, 0.15) is 52.7 Å². The monoisotopic (exact) mass is 441 g/mol. The van der Waals surface area contributed by atoms with Crippen LogP contribution in [0.25, 0.3) is 0 Å². The molecule has 0 aliphatic carbocycles. The molecule has 1 aliphatic heterocycles. The molecule has 2 N–H and O–H groups in total. The van der Waals surface area contributed by atoms with E-state index in [0.29, 0.717) is 41.4 Å². The smallest absolute Gasteiger partial charge is 0.253 e. The Hall–Kier alpha value is -2.89. The van der Waals surface area contributed by atoms with Crippen LogP contribution < -0.4 is 4.72 Å². The lowest BCUT2D eigenvalue weighted by Crippen LogP contribution is -2.38. The minimum Gasteiger partial charge on any atom is -0.395 e. The van der Waals surface area contributed by atoms with Gasteiger partial charge < -0.3 is 10.0 Å². The number of benzene rings is 2. The van der Waals surface area contributed by atoms with E-state index >= 15 is 0 Å². The number of aliphatic hydroxyl groups is 1. The first-order chi connectivity index (χ1) is 14.7. The number of carbonyl (C=O) groups excluding carboxylic acids is 1. The lowest BCUT2D eigenvalue weighted by Gasteiger charge is -2.32. The minimum atomic E-state index is -3.74. The van der Waals surface area contributed by atoms with Gasteiger partial charge in [0.2, 0.25) is 10.0 Å². The molecule has 7 nitrogen and oxygen atoms in total. The van der Waals surface area contributed by atoms with E-state index in [-0.39, 0.29) is 5.91 Å². The van der Waals surface area contributed by atoms with Crippen LogP contribution in [-0.4, -0.2) is 49.3 Å². The maximum Gasteiger partial charge on any atom is 0.253 e. The molecule has 1 fully saturated rings. The highest BCUT2D eigenvalue weighted by Crippen LogP contribution is 2.29. The molecule has 8 heteroatoms. The van der Waals surface area contributed by atoms with E-state index in [2.05, 4.69) is 10.8 Å². The maximum atomic E-state index is 13.0. The summed E-state index contributed by atoms with van der Waals surface area (Å²) in [5.41, 5.74) is 3.28. The molecule has 0 aromatic heterocycles. The summed E-state index contributed by atoms with van der Waals surface area (Å²) < 4.78 is 27.1. The second-order valence-corrected chi connectivity index (χ2v) is 10.1. The van der Waals surface area contributed by atoms with Crippen molar-refractivity contribution in [2.24, 2.45) is 0 Å². The van der Waals surface area contributed by atoms with Crippen molar-refractivity contribution >= 4 is 21.6 Å². The number of rotatable bonds is 6. The highest BCUT2D eigenvalue weighted by Gasteiger charge is 2.26. The number of anilines is 1. The number of amides is 1. The maximum absolute atomic E-state index is 13.0. The summed E-state index contributed by atoms with van der Waals surface area (Å²) in [5, 5.41) is 17.2. The van der Waals surface area contributed by atoms with Crippen molar-refractivity contribution in [2.75, 3.05) is 24.4 Å². The van der Waals surface area contributed by atoms with Crippen molar-refractivity contribution in [3.8, 4) is 6.07 Å². The molecule has 0 spiro atoms. The normalized spacial score (nSPS) is 15.9. The zero-order valence-corrected chi connectivity index (χ0v) is 18.5. The molecule has 1 amide bonds. The molecule has 164 valence electrons. The molecule has 3 rings (SSSR count). The summed E-state index contributed by atoms with van der Waals surface area (Å²) in [6, 6.07) is 14.7. The van der Waals surface area contributed by atoms with Gasteiger partial charge in [-0.25, -0.2) is 8.42 Å². The molecular weight excluding hydrogens is 414 g/mol. The Bertz CT molecular complexity index is 1080. The molecule has 0 saturated carbocycles. The average Bonchev–Trinajstić information content (AvgIpc) is 2.79. The first kappa shape index (κ1) is 22.8. The Morgan fingerprint density at radius 2 is 1.87 bits per heavy atom. The Morgan fingerprint density at radius 1 is 1.23 bits per heavy atom. The van der Waals surface area contributed by atoms with E-state index in [0.717, 1.165) is 12.8 Å². The molecule has 1 saturated heterocycles. The minimum absolute atomic E-state index is 0.131. The summed E-state index contributed by atoms with van der Waals surface area (Å²) in [4.78, 5) is 14.8. The predicted molar refractivity (Wildman–Crippen MR) is 119 cm³/mol. The van der Waals surface area contributed by atoms with E-state index in [1.807, 2.05) is 24.3 Å². The average molecular weight is 442 g/mol. The zero-order valence-electron chi connectivity index (χ0n) is 17.7.